The summed E-state index contributed by atoms with van der Waals surface area (Å²) < 4.78 is 5.12. The normalized spacial score (nSPS) is 10.5. The molecule has 1 aromatic rings. The van der Waals surface area contributed by atoms with E-state index in [1.54, 1.807) is 6.07 Å². The minimum Gasteiger partial charge on any atom is -0.444 e. The van der Waals surface area contributed by atoms with Crippen molar-refractivity contribution in [2.45, 2.75) is 39.7 Å². The molecule has 0 aromatic heterocycles. The zero-order chi connectivity index (χ0) is 16.0. The van der Waals surface area contributed by atoms with Crippen LogP contribution in [0.15, 0.2) is 12.1 Å². The molecule has 0 bridgehead atoms. The lowest BCUT2D eigenvalue weighted by atomic mass is 10.1. The Bertz CT molecular complexity index is 554. The molecule has 1 amide bonds. The number of nitrogens with two attached hydrogens (primary N) is 2. The highest BCUT2D eigenvalue weighted by Crippen LogP contribution is 2.20. The van der Waals surface area contributed by atoms with Crippen LogP contribution < -0.4 is 16.8 Å². The van der Waals surface area contributed by atoms with Gasteiger partial charge in [-0.05, 0) is 45.4 Å². The molecule has 0 aliphatic carbocycles. The fourth-order valence-electron chi connectivity index (χ4n) is 1.60. The van der Waals surface area contributed by atoms with Gasteiger partial charge in [0.1, 0.15) is 5.60 Å². The van der Waals surface area contributed by atoms with Crippen molar-refractivity contribution in [1.82, 2.24) is 5.32 Å². The molecule has 0 unspecified atom stereocenters. The van der Waals surface area contributed by atoms with Gasteiger partial charge in [-0.25, -0.2) is 4.79 Å². The molecule has 0 radical (unpaired) electrons. The molecular weight excluding hydrogens is 266 g/mol. The highest BCUT2D eigenvalue weighted by molar-refractivity contribution is 5.70. The number of aryl methyl sites for hydroxylation is 1. The predicted molar refractivity (Wildman–Crippen MR) is 85.7 cm³/mol. The topological polar surface area (TPSA) is 90.4 Å². The summed E-state index contributed by atoms with van der Waals surface area (Å²) in [4.78, 5) is 11.4. The molecule has 0 heterocycles. The van der Waals surface area contributed by atoms with E-state index < -0.39 is 11.7 Å². The lowest BCUT2D eigenvalue weighted by molar-refractivity contribution is 0.0529. The van der Waals surface area contributed by atoms with Gasteiger partial charge >= 0.3 is 6.09 Å². The van der Waals surface area contributed by atoms with Crippen molar-refractivity contribution < 1.29 is 9.53 Å². The van der Waals surface area contributed by atoms with Gasteiger partial charge in [0.05, 0.1) is 11.4 Å². The minimum absolute atomic E-state index is 0.433. The Balaban J connectivity index is 2.46. The van der Waals surface area contributed by atoms with Crippen molar-refractivity contribution in [1.29, 1.82) is 0 Å². The van der Waals surface area contributed by atoms with Crippen molar-refractivity contribution in [2.24, 2.45) is 0 Å². The maximum atomic E-state index is 11.4. The Hall–Kier alpha value is -2.35. The first-order valence-electron chi connectivity index (χ1n) is 6.80. The summed E-state index contributed by atoms with van der Waals surface area (Å²) in [6.07, 6.45) is 0.0969. The summed E-state index contributed by atoms with van der Waals surface area (Å²) in [5.74, 6) is 5.97. The summed E-state index contributed by atoms with van der Waals surface area (Å²) in [7, 11) is 0. The molecule has 0 aliphatic rings. The number of hydrogen-bond acceptors (Lipinski definition) is 4. The third-order valence-corrected chi connectivity index (χ3v) is 2.57. The smallest absolute Gasteiger partial charge is 0.407 e. The van der Waals surface area contributed by atoms with Gasteiger partial charge in [-0.1, -0.05) is 11.8 Å². The molecule has 0 saturated carbocycles. The molecule has 0 aliphatic heterocycles. The van der Waals surface area contributed by atoms with E-state index in [-0.39, 0.29) is 0 Å². The van der Waals surface area contributed by atoms with Gasteiger partial charge in [0, 0.05) is 18.5 Å². The molecule has 21 heavy (non-hydrogen) atoms. The first-order chi connectivity index (χ1) is 9.69. The van der Waals surface area contributed by atoms with Crippen LogP contribution in [0.5, 0.6) is 0 Å². The van der Waals surface area contributed by atoms with Crippen LogP contribution in [0.1, 0.15) is 38.3 Å². The largest absolute Gasteiger partial charge is 0.444 e. The number of carbonyl (C=O) groups excluding carboxylic acids is 1. The highest BCUT2D eigenvalue weighted by Gasteiger charge is 2.15. The molecule has 5 N–H and O–H groups in total. The fraction of sp³-hybridized carbons (Fsp3) is 0.438. The summed E-state index contributed by atoms with van der Waals surface area (Å²) in [6, 6.07) is 3.64. The maximum Gasteiger partial charge on any atom is 0.407 e. The first-order valence-corrected chi connectivity index (χ1v) is 6.80. The molecule has 0 saturated heterocycles. The van der Waals surface area contributed by atoms with Crippen LogP contribution in [0, 0.1) is 18.8 Å². The molecule has 1 aromatic carbocycles. The molecule has 0 spiro atoms. The van der Waals surface area contributed by atoms with Crippen molar-refractivity contribution >= 4 is 17.5 Å². The number of nitrogens with one attached hydrogen (secondary N) is 1. The Kier molecular flexibility index (Phi) is 5.48. The number of anilines is 2. The number of ether oxygens (including phenoxy) is 1. The van der Waals surface area contributed by atoms with E-state index in [1.165, 1.54) is 0 Å². The Morgan fingerprint density at radius 1 is 1.33 bits per heavy atom. The average molecular weight is 289 g/mol. The summed E-state index contributed by atoms with van der Waals surface area (Å²) >= 11 is 0. The van der Waals surface area contributed by atoms with Gasteiger partial charge in [0.2, 0.25) is 0 Å². The minimum atomic E-state index is -0.491. The summed E-state index contributed by atoms with van der Waals surface area (Å²) in [6.45, 7) is 7.78. The quantitative estimate of drug-likeness (QED) is 0.443. The van der Waals surface area contributed by atoms with Gasteiger partial charge in [-0.15, -0.1) is 0 Å². The van der Waals surface area contributed by atoms with Gasteiger partial charge in [-0.2, -0.15) is 0 Å². The average Bonchev–Trinajstić information content (AvgIpc) is 2.33. The second-order valence-electron chi connectivity index (χ2n) is 5.78. The van der Waals surface area contributed by atoms with Gasteiger partial charge in [-0.3, -0.25) is 0 Å². The predicted octanol–water partition coefficient (Wildman–Crippen LogP) is 2.43. The molecule has 5 nitrogen and oxygen atoms in total. The van der Waals surface area contributed by atoms with E-state index in [4.69, 9.17) is 16.2 Å². The third kappa shape index (κ3) is 6.09. The van der Waals surface area contributed by atoms with Crippen molar-refractivity contribution in [2.75, 3.05) is 18.0 Å². The van der Waals surface area contributed by atoms with Crippen LogP contribution in [0.3, 0.4) is 0 Å². The maximum absolute atomic E-state index is 11.4. The van der Waals surface area contributed by atoms with E-state index in [1.807, 2.05) is 33.8 Å². The Morgan fingerprint density at radius 2 is 2.00 bits per heavy atom. The van der Waals surface area contributed by atoms with Crippen molar-refractivity contribution in [3.8, 4) is 11.8 Å². The number of carbonyl (C=O) groups is 1. The SMILES string of the molecule is Cc1cc(C#CCCNC(=O)OC(C)(C)C)cc(N)c1N. The van der Waals surface area contributed by atoms with Crippen molar-refractivity contribution in [3.63, 3.8) is 0 Å². The van der Waals surface area contributed by atoms with Crippen LogP contribution >= 0.6 is 0 Å². The molecule has 1 rings (SSSR count). The van der Waals surface area contributed by atoms with Crippen LogP contribution in [0.2, 0.25) is 0 Å². The number of hydrogen-bond donors (Lipinski definition) is 3. The second-order valence-corrected chi connectivity index (χ2v) is 5.78. The number of nitrogen functional groups attached to an aromatic ring is 2. The lowest BCUT2D eigenvalue weighted by Crippen LogP contribution is -2.32. The molecular formula is C16H23N3O2. The molecule has 114 valence electrons. The monoisotopic (exact) mass is 289 g/mol. The van der Waals surface area contributed by atoms with Crippen molar-refractivity contribution in [3.05, 3.63) is 23.3 Å². The lowest BCUT2D eigenvalue weighted by Gasteiger charge is -2.19. The molecule has 5 heteroatoms. The zero-order valence-corrected chi connectivity index (χ0v) is 13.0. The van der Waals surface area contributed by atoms with Crippen LogP contribution in [0.4, 0.5) is 16.2 Å². The molecule has 0 fully saturated rings. The second kappa shape index (κ2) is 6.89. The van der Waals surface area contributed by atoms with E-state index in [9.17, 15) is 4.79 Å². The zero-order valence-electron chi connectivity index (χ0n) is 13.0. The van der Waals surface area contributed by atoms with E-state index in [2.05, 4.69) is 17.2 Å². The summed E-state index contributed by atoms with van der Waals surface area (Å²) in [5, 5.41) is 2.65. The van der Waals surface area contributed by atoms with Crippen LogP contribution in [0.25, 0.3) is 0 Å². The van der Waals surface area contributed by atoms with Gasteiger partial charge in [0.25, 0.3) is 0 Å². The van der Waals surface area contributed by atoms with Gasteiger partial charge < -0.3 is 21.5 Å². The van der Waals surface area contributed by atoms with Crippen LogP contribution in [-0.2, 0) is 4.74 Å². The number of alkyl carbamates (subject to hydrolysis) is 1. The number of benzene rings is 1. The molecule has 0 atom stereocenters. The van der Waals surface area contributed by atoms with E-state index >= 15 is 0 Å². The highest BCUT2D eigenvalue weighted by atomic mass is 16.6. The Labute approximate surface area is 126 Å². The number of amides is 1. The van der Waals surface area contributed by atoms with E-state index in [0.717, 1.165) is 11.1 Å². The van der Waals surface area contributed by atoms with E-state index in [0.29, 0.717) is 24.3 Å². The van der Waals surface area contributed by atoms with Gasteiger partial charge in [0.15, 0.2) is 0 Å². The standard InChI is InChI=1S/C16H23N3O2/c1-11-9-12(10-13(17)14(11)18)7-5-6-8-19-15(20)21-16(2,3)4/h9-10H,6,8,17-18H2,1-4H3,(H,19,20). The van der Waals surface area contributed by atoms with Crippen LogP contribution in [-0.4, -0.2) is 18.2 Å². The third-order valence-electron chi connectivity index (χ3n) is 2.57. The summed E-state index contributed by atoms with van der Waals surface area (Å²) in [5.41, 5.74) is 13.9. The number of rotatable bonds is 2. The fourth-order valence-corrected chi connectivity index (χ4v) is 1.60. The Morgan fingerprint density at radius 3 is 2.57 bits per heavy atom. The first kappa shape index (κ1) is 16.7.